The van der Waals surface area contributed by atoms with Gasteiger partial charge < -0.3 is 5.11 Å². The molecule has 0 aromatic rings. The smallest absolute Gasteiger partial charge is 0.0543 e. The molecule has 0 unspecified atom stereocenters. The number of fused-ring (bicyclic) bond motifs is 5. The quantitative estimate of drug-likeness (QED) is 0.467. The Kier molecular flexibility index (Phi) is 5.81. The van der Waals surface area contributed by atoms with Gasteiger partial charge in [0.15, 0.2) is 0 Å². The fourth-order valence-corrected chi connectivity index (χ4v) is 8.88. The first-order valence-corrected chi connectivity index (χ1v) is 13.0. The Labute approximate surface area is 181 Å². The maximum absolute atomic E-state index is 10.3. The highest BCUT2D eigenvalue weighted by Gasteiger charge is 2.63. The van der Waals surface area contributed by atoms with Crippen molar-refractivity contribution in [3.8, 4) is 0 Å². The number of allylic oxidation sites excluding steroid dienone is 2. The second-order valence-corrected chi connectivity index (χ2v) is 12.8. The van der Waals surface area contributed by atoms with Gasteiger partial charge in [-0.05, 0) is 97.2 Å². The molecule has 1 heteroatoms. The third-order valence-corrected chi connectivity index (χ3v) is 11.0. The molecule has 166 valence electrons. The molecule has 1 nitrogen and oxygen atoms in total. The fraction of sp³-hybridized carbons (Fsp3) is 0.929. The van der Waals surface area contributed by atoms with Crippen molar-refractivity contribution in [1.29, 1.82) is 0 Å². The van der Waals surface area contributed by atoms with E-state index in [1.54, 1.807) is 0 Å². The van der Waals surface area contributed by atoms with Crippen LogP contribution in [0.4, 0.5) is 0 Å². The molecule has 0 aromatic heterocycles. The summed E-state index contributed by atoms with van der Waals surface area (Å²) in [7, 11) is 0. The summed E-state index contributed by atoms with van der Waals surface area (Å²) in [5.74, 6) is 4.12. The van der Waals surface area contributed by atoms with Gasteiger partial charge in [-0.25, -0.2) is 0 Å². The van der Waals surface area contributed by atoms with Crippen molar-refractivity contribution in [2.45, 2.75) is 118 Å². The lowest BCUT2D eigenvalue weighted by Crippen LogP contribution is -2.53. The molecule has 4 aliphatic carbocycles. The molecule has 0 aromatic carbocycles. The normalized spacial score (nSPS) is 47.9. The molecule has 4 aliphatic rings. The average Bonchev–Trinajstić information content (AvgIpc) is 2.93. The van der Waals surface area contributed by atoms with Gasteiger partial charge in [0.2, 0.25) is 0 Å². The first-order chi connectivity index (χ1) is 13.6. The molecular formula is C28H48O. The predicted molar refractivity (Wildman–Crippen MR) is 124 cm³/mol. The first kappa shape index (κ1) is 21.9. The van der Waals surface area contributed by atoms with Crippen LogP contribution in [0.3, 0.4) is 0 Å². The van der Waals surface area contributed by atoms with Crippen LogP contribution in [0.2, 0.25) is 0 Å². The van der Waals surface area contributed by atoms with E-state index in [0.717, 1.165) is 36.5 Å². The molecule has 29 heavy (non-hydrogen) atoms. The lowest BCUT2D eigenvalue weighted by molar-refractivity contribution is -0.0560. The Hall–Kier alpha value is -0.300. The Bertz CT molecular complexity index is 634. The third-order valence-electron chi connectivity index (χ3n) is 11.0. The number of hydrogen-bond acceptors (Lipinski definition) is 1. The van der Waals surface area contributed by atoms with Crippen LogP contribution in [0.15, 0.2) is 11.6 Å². The summed E-state index contributed by atoms with van der Waals surface area (Å²) in [4.78, 5) is 0. The van der Waals surface area contributed by atoms with E-state index >= 15 is 0 Å². The van der Waals surface area contributed by atoms with E-state index in [1.807, 2.05) is 5.57 Å². The summed E-state index contributed by atoms with van der Waals surface area (Å²) < 4.78 is 0. The molecule has 0 radical (unpaired) electrons. The van der Waals surface area contributed by atoms with E-state index in [0.29, 0.717) is 22.2 Å². The van der Waals surface area contributed by atoms with Crippen molar-refractivity contribution in [3.05, 3.63) is 11.6 Å². The van der Waals surface area contributed by atoms with Gasteiger partial charge in [-0.3, -0.25) is 0 Å². The van der Waals surface area contributed by atoms with Crippen molar-refractivity contribution in [2.75, 3.05) is 0 Å². The zero-order chi connectivity index (χ0) is 21.0. The maximum atomic E-state index is 10.3. The SMILES string of the molecule is CC(C)CCC[C@@H](C)[C@H]1CC[C@@]2(C)[C@@H]3CC[C@H]4C[C@@H](O)CC[C@]4(C)C3=CC[C@]12C. The fourth-order valence-electron chi connectivity index (χ4n) is 8.88. The molecule has 3 saturated carbocycles. The Morgan fingerprint density at radius 2 is 1.72 bits per heavy atom. The second-order valence-electron chi connectivity index (χ2n) is 12.8. The van der Waals surface area contributed by atoms with Crippen LogP contribution >= 0.6 is 0 Å². The summed E-state index contributed by atoms with van der Waals surface area (Å²) in [6, 6.07) is 0. The predicted octanol–water partition coefficient (Wildman–Crippen LogP) is 7.78. The van der Waals surface area contributed by atoms with Crippen molar-refractivity contribution in [2.24, 2.45) is 45.8 Å². The first-order valence-electron chi connectivity index (χ1n) is 13.0. The molecular weight excluding hydrogens is 352 g/mol. The summed E-state index contributed by atoms with van der Waals surface area (Å²) >= 11 is 0. The molecule has 1 N–H and O–H groups in total. The summed E-state index contributed by atoms with van der Waals surface area (Å²) in [5.41, 5.74) is 3.16. The number of rotatable bonds is 5. The van der Waals surface area contributed by atoms with Crippen molar-refractivity contribution in [3.63, 3.8) is 0 Å². The molecule has 0 amide bonds. The molecule has 0 bridgehead atoms. The summed E-state index contributed by atoms with van der Waals surface area (Å²) in [6.45, 7) is 15.2. The van der Waals surface area contributed by atoms with Crippen LogP contribution in [0.1, 0.15) is 112 Å². The molecule has 3 fully saturated rings. The molecule has 0 heterocycles. The molecule has 0 saturated heterocycles. The Morgan fingerprint density at radius 3 is 2.45 bits per heavy atom. The minimum atomic E-state index is -0.0442. The lowest BCUT2D eigenvalue weighted by Gasteiger charge is -2.61. The zero-order valence-electron chi connectivity index (χ0n) is 20.3. The highest BCUT2D eigenvalue weighted by Crippen LogP contribution is 2.71. The number of aliphatic hydroxyl groups excluding tert-OH is 1. The van der Waals surface area contributed by atoms with Crippen LogP contribution in [-0.2, 0) is 0 Å². The van der Waals surface area contributed by atoms with Crippen LogP contribution in [0, 0.1) is 45.8 Å². The number of hydrogen-bond donors (Lipinski definition) is 1. The molecule has 4 rings (SSSR count). The van der Waals surface area contributed by atoms with Crippen LogP contribution in [0.25, 0.3) is 0 Å². The molecule has 0 spiro atoms. The second kappa shape index (κ2) is 7.68. The van der Waals surface area contributed by atoms with E-state index in [4.69, 9.17) is 0 Å². The summed E-state index contributed by atoms with van der Waals surface area (Å²) in [5, 5.41) is 10.3. The Balaban J connectivity index is 1.57. The average molecular weight is 401 g/mol. The maximum Gasteiger partial charge on any atom is 0.0543 e. The minimum Gasteiger partial charge on any atom is -0.393 e. The van der Waals surface area contributed by atoms with E-state index in [9.17, 15) is 5.11 Å². The van der Waals surface area contributed by atoms with Gasteiger partial charge >= 0.3 is 0 Å². The van der Waals surface area contributed by atoms with Crippen LogP contribution in [0.5, 0.6) is 0 Å². The summed E-state index contributed by atoms with van der Waals surface area (Å²) in [6.07, 6.45) is 17.1. The Morgan fingerprint density at radius 1 is 0.966 bits per heavy atom. The minimum absolute atomic E-state index is 0.0442. The van der Waals surface area contributed by atoms with Gasteiger partial charge in [-0.1, -0.05) is 72.5 Å². The molecule has 0 aliphatic heterocycles. The standard InChI is InChI=1S/C28H48O/c1-19(2)8-7-9-20(3)23-13-16-28(6)25-11-10-21-18-22(29)12-15-26(21,4)24(25)14-17-27(23,28)5/h14,19-23,25,29H,7-13,15-18H2,1-6H3/t20-,21+,22+,23-,25-,26+,27-,28+/m1/s1. The van der Waals surface area contributed by atoms with Crippen LogP contribution < -0.4 is 0 Å². The van der Waals surface area contributed by atoms with E-state index < -0.39 is 0 Å². The van der Waals surface area contributed by atoms with Gasteiger partial charge in [0.25, 0.3) is 0 Å². The molecule has 8 atom stereocenters. The van der Waals surface area contributed by atoms with Crippen molar-refractivity contribution in [1.82, 2.24) is 0 Å². The van der Waals surface area contributed by atoms with Gasteiger partial charge in [0.1, 0.15) is 0 Å². The van der Waals surface area contributed by atoms with Crippen LogP contribution in [-0.4, -0.2) is 11.2 Å². The van der Waals surface area contributed by atoms with E-state index in [1.165, 1.54) is 57.8 Å². The van der Waals surface area contributed by atoms with Gasteiger partial charge in [0, 0.05) is 0 Å². The van der Waals surface area contributed by atoms with Gasteiger partial charge in [-0.15, -0.1) is 0 Å². The van der Waals surface area contributed by atoms with E-state index in [2.05, 4.69) is 47.6 Å². The topological polar surface area (TPSA) is 20.2 Å². The van der Waals surface area contributed by atoms with E-state index in [-0.39, 0.29) is 6.10 Å². The van der Waals surface area contributed by atoms with Gasteiger partial charge in [-0.2, -0.15) is 0 Å². The zero-order valence-corrected chi connectivity index (χ0v) is 20.3. The highest BCUT2D eigenvalue weighted by molar-refractivity contribution is 5.31. The van der Waals surface area contributed by atoms with Gasteiger partial charge in [0.05, 0.1) is 6.10 Å². The number of aliphatic hydroxyl groups is 1. The lowest BCUT2D eigenvalue weighted by atomic mass is 9.44. The van der Waals surface area contributed by atoms with Crippen molar-refractivity contribution < 1.29 is 5.11 Å². The largest absolute Gasteiger partial charge is 0.393 e. The monoisotopic (exact) mass is 400 g/mol. The van der Waals surface area contributed by atoms with Crippen molar-refractivity contribution >= 4 is 0 Å². The third kappa shape index (κ3) is 3.37. The highest BCUT2D eigenvalue weighted by atomic mass is 16.3.